The Kier molecular flexibility index (Phi) is 4.39. The number of fused-ring (bicyclic) bond motifs is 1. The fraction of sp³-hybridized carbons (Fsp3) is 0.682. The van der Waals surface area contributed by atoms with Gasteiger partial charge in [-0.2, -0.15) is 5.26 Å². The number of benzene rings is 1. The van der Waals surface area contributed by atoms with E-state index in [0.717, 1.165) is 31.2 Å². The molecule has 2 aliphatic carbocycles. The third-order valence-corrected chi connectivity index (χ3v) is 5.71. The maximum absolute atomic E-state index is 14.0. The van der Waals surface area contributed by atoms with E-state index in [9.17, 15) is 4.39 Å². The molecule has 3 rings (SSSR count). The number of nitrogens with zero attached hydrogens (tertiary/aromatic N) is 1. The third-order valence-electron chi connectivity index (χ3n) is 5.71. The first-order valence-electron chi connectivity index (χ1n) is 11.4. The van der Waals surface area contributed by atoms with Crippen LogP contribution in [0.15, 0.2) is 18.2 Å². The third kappa shape index (κ3) is 4.00. The van der Waals surface area contributed by atoms with Gasteiger partial charge in [0.25, 0.3) is 0 Å². The van der Waals surface area contributed by atoms with E-state index in [4.69, 9.17) is 10.7 Å². The molecule has 4 atom stereocenters. The summed E-state index contributed by atoms with van der Waals surface area (Å²) in [4.78, 5) is 0. The first-order valence-corrected chi connectivity index (χ1v) is 9.40. The highest BCUT2D eigenvalue weighted by Crippen LogP contribution is 2.48. The lowest BCUT2D eigenvalue weighted by Crippen LogP contribution is -2.30. The van der Waals surface area contributed by atoms with E-state index < -0.39 is 24.5 Å². The highest BCUT2D eigenvalue weighted by atomic mass is 19.1. The van der Waals surface area contributed by atoms with Crippen molar-refractivity contribution in [3.05, 3.63) is 35.1 Å². The fourth-order valence-electron chi connectivity index (χ4n) is 4.28. The second kappa shape index (κ2) is 8.15. The lowest BCUT2D eigenvalue weighted by molar-refractivity contribution is 0.113. The molecule has 0 bridgehead atoms. The molecule has 0 spiro atoms. The number of hydrogen-bond donors (Lipinski definition) is 0. The zero-order valence-electron chi connectivity index (χ0n) is 18.5. The second-order valence-electron chi connectivity index (χ2n) is 7.35. The van der Waals surface area contributed by atoms with Gasteiger partial charge in [-0.15, -0.1) is 0 Å². The van der Waals surface area contributed by atoms with Crippen molar-refractivity contribution in [3.63, 3.8) is 0 Å². The van der Waals surface area contributed by atoms with Crippen LogP contribution < -0.4 is 0 Å². The summed E-state index contributed by atoms with van der Waals surface area (Å²) in [5.41, 5.74) is 0.888. The van der Waals surface area contributed by atoms with Crippen LogP contribution in [0, 0.1) is 34.9 Å². The summed E-state index contributed by atoms with van der Waals surface area (Å²) in [6.45, 7) is 2.10. The van der Waals surface area contributed by atoms with Crippen molar-refractivity contribution < 1.29 is 9.87 Å². The van der Waals surface area contributed by atoms with E-state index >= 15 is 0 Å². The summed E-state index contributed by atoms with van der Waals surface area (Å²) in [7, 11) is 0. The van der Waals surface area contributed by atoms with Crippen LogP contribution in [0.5, 0.6) is 0 Å². The number of rotatable bonds is 5. The fourth-order valence-corrected chi connectivity index (χ4v) is 4.28. The number of halogens is 1. The van der Waals surface area contributed by atoms with Gasteiger partial charge in [-0.25, -0.2) is 4.39 Å². The molecule has 0 aliphatic heterocycles. The molecule has 2 saturated carbocycles. The van der Waals surface area contributed by atoms with Gasteiger partial charge in [-0.1, -0.05) is 45.0 Å². The van der Waals surface area contributed by atoms with Crippen LogP contribution in [0.4, 0.5) is 4.39 Å². The van der Waals surface area contributed by atoms with Gasteiger partial charge in [0.1, 0.15) is 11.9 Å². The summed E-state index contributed by atoms with van der Waals surface area (Å²) >= 11 is 0. The Morgan fingerprint density at radius 2 is 2.12 bits per heavy atom. The lowest BCUT2D eigenvalue weighted by atomic mass is 9.63. The van der Waals surface area contributed by atoms with Crippen molar-refractivity contribution in [1.29, 1.82) is 5.26 Å². The summed E-state index contributed by atoms with van der Waals surface area (Å²) < 4.78 is 48.8. The number of nitriles is 1. The van der Waals surface area contributed by atoms with E-state index in [0.29, 0.717) is 25.7 Å². The average molecular weight is 332 g/mol. The van der Waals surface area contributed by atoms with Crippen LogP contribution in [0.3, 0.4) is 0 Å². The first-order chi connectivity index (χ1) is 13.2. The monoisotopic (exact) mass is 331 g/mol. The van der Waals surface area contributed by atoms with Gasteiger partial charge >= 0.3 is 0 Å². The van der Waals surface area contributed by atoms with Gasteiger partial charge in [0, 0.05) is 5.48 Å². The van der Waals surface area contributed by atoms with Crippen LogP contribution in [0.1, 0.15) is 93.6 Å². The Morgan fingerprint density at radius 1 is 1.25 bits per heavy atom. The van der Waals surface area contributed by atoms with Gasteiger partial charge in [-0.3, -0.25) is 0 Å². The van der Waals surface area contributed by atoms with Crippen LogP contribution in [-0.4, -0.2) is 0 Å². The molecular weight excluding hydrogens is 297 g/mol. The van der Waals surface area contributed by atoms with E-state index in [1.807, 2.05) is 6.07 Å². The molecular formula is C22H30FN. The largest absolute Gasteiger partial charge is 0.206 e. The van der Waals surface area contributed by atoms with Gasteiger partial charge in [-0.05, 0) is 73.4 Å². The maximum atomic E-state index is 14.0. The van der Waals surface area contributed by atoms with Crippen molar-refractivity contribution >= 4 is 0 Å². The molecule has 1 aromatic carbocycles. The normalized spacial score (nSPS) is 36.4. The minimum atomic E-state index is -1.50. The van der Waals surface area contributed by atoms with Gasteiger partial charge in [0.15, 0.2) is 0 Å². The number of unbranched alkanes of at least 4 members (excludes halogenated alkanes) is 2. The highest BCUT2D eigenvalue weighted by Gasteiger charge is 2.35. The number of hydrogen-bond acceptors (Lipinski definition) is 1. The molecule has 24 heavy (non-hydrogen) atoms. The van der Waals surface area contributed by atoms with Gasteiger partial charge < -0.3 is 0 Å². The first kappa shape index (κ1) is 12.9. The predicted molar refractivity (Wildman–Crippen MR) is 96.2 cm³/mol. The van der Waals surface area contributed by atoms with Crippen LogP contribution in [0.2, 0.25) is 0 Å². The van der Waals surface area contributed by atoms with E-state index in [2.05, 4.69) is 6.92 Å². The van der Waals surface area contributed by atoms with Crippen molar-refractivity contribution in [2.45, 2.75) is 77.0 Å². The van der Waals surface area contributed by atoms with Gasteiger partial charge in [0.05, 0.1) is 5.56 Å². The summed E-state index contributed by atoms with van der Waals surface area (Å²) in [6, 6.07) is 6.59. The van der Waals surface area contributed by atoms with Gasteiger partial charge in [0.2, 0.25) is 0 Å². The summed E-state index contributed by atoms with van der Waals surface area (Å²) in [5, 5.41) is 8.92. The predicted octanol–water partition coefficient (Wildman–Crippen LogP) is 6.58. The molecule has 1 aromatic rings. The molecule has 2 heteroatoms. The Labute approximate surface area is 151 Å². The quantitative estimate of drug-likeness (QED) is 0.559. The lowest BCUT2D eigenvalue weighted by Gasteiger charge is -2.42. The van der Waals surface area contributed by atoms with Crippen molar-refractivity contribution in [2.75, 3.05) is 0 Å². The minimum Gasteiger partial charge on any atom is -0.206 e. The van der Waals surface area contributed by atoms with Crippen molar-refractivity contribution in [1.82, 2.24) is 0 Å². The second-order valence-corrected chi connectivity index (χ2v) is 7.35. The maximum Gasteiger partial charge on any atom is 0.141 e. The summed E-state index contributed by atoms with van der Waals surface area (Å²) in [6.07, 6.45) is 3.14. The minimum absolute atomic E-state index is 0.0233. The Bertz CT molecular complexity index is 743. The van der Waals surface area contributed by atoms with E-state index in [1.165, 1.54) is 12.1 Å². The van der Waals surface area contributed by atoms with Crippen LogP contribution >= 0.6 is 0 Å². The molecule has 0 heterocycles. The molecule has 2 fully saturated rings. The van der Waals surface area contributed by atoms with Crippen LogP contribution in [0.25, 0.3) is 0 Å². The zero-order valence-corrected chi connectivity index (χ0v) is 14.5. The topological polar surface area (TPSA) is 23.8 Å². The average Bonchev–Trinajstić information content (AvgIpc) is 2.63. The Balaban J connectivity index is 1.78. The standard InChI is InChI=1S/C22H30FN/c1-2-3-4-5-16-6-7-18-13-19(9-8-17(18)12-16)20-10-11-21(15-24)22(23)14-20/h10-11,14,16-19H,2-9,12-13H2,1H3/i6D2,12D2. The molecule has 1 nitrogen and oxygen atoms in total. The molecule has 0 amide bonds. The molecule has 2 aliphatic rings. The molecule has 0 radical (unpaired) electrons. The molecule has 0 aromatic heterocycles. The molecule has 0 N–H and O–H groups in total. The molecule has 130 valence electrons. The smallest absolute Gasteiger partial charge is 0.141 e. The van der Waals surface area contributed by atoms with Crippen LogP contribution in [-0.2, 0) is 0 Å². The van der Waals surface area contributed by atoms with Crippen molar-refractivity contribution in [2.24, 2.45) is 17.8 Å². The summed E-state index contributed by atoms with van der Waals surface area (Å²) in [5.74, 6) is -1.09. The Morgan fingerprint density at radius 3 is 2.88 bits per heavy atom. The SMILES string of the molecule is [2H]C1([2H])CC2CC(c3ccc(C#N)c(F)c3)CCC2C([2H])([2H])C1CCCCC. The zero-order chi connectivity index (χ0) is 20.5. The molecule has 0 saturated heterocycles. The van der Waals surface area contributed by atoms with E-state index in [1.54, 1.807) is 6.07 Å². The molecule has 4 unspecified atom stereocenters. The van der Waals surface area contributed by atoms with Crippen molar-refractivity contribution in [3.8, 4) is 6.07 Å². The Hall–Kier alpha value is -1.36. The van der Waals surface area contributed by atoms with E-state index in [-0.39, 0.29) is 23.3 Å². The highest BCUT2D eigenvalue weighted by molar-refractivity contribution is 5.35.